The lowest BCUT2D eigenvalue weighted by Gasteiger charge is -2.39. The maximum atomic E-state index is 11.4. The molecule has 22 heavy (non-hydrogen) atoms. The average Bonchev–Trinajstić information content (AvgIpc) is 2.45. The molecule has 0 bridgehead atoms. The van der Waals surface area contributed by atoms with Gasteiger partial charge in [0, 0.05) is 6.92 Å². The van der Waals surface area contributed by atoms with Crippen molar-refractivity contribution in [2.45, 2.75) is 25.0 Å². The molecule has 1 aromatic rings. The van der Waals surface area contributed by atoms with Crippen LogP contribution < -0.4 is 5.32 Å². The molecule has 0 aromatic heterocycles. The van der Waals surface area contributed by atoms with E-state index in [-0.39, 0.29) is 5.97 Å². The second kappa shape index (κ2) is 7.03. The zero-order valence-electron chi connectivity index (χ0n) is 12.2. The number of allylic oxidation sites excluding steroid dienone is 2. The van der Waals surface area contributed by atoms with Gasteiger partial charge in [-0.05, 0) is 24.6 Å². The minimum Gasteiger partial charge on any atom is -0.455 e. The normalized spacial score (nSPS) is 23.1. The zero-order valence-corrected chi connectivity index (χ0v) is 13.7. The lowest BCUT2D eigenvalue weighted by atomic mass is 9.84. The zero-order chi connectivity index (χ0) is 16.2. The van der Waals surface area contributed by atoms with Gasteiger partial charge in [0.2, 0.25) is 0 Å². The topological polar surface area (TPSA) is 38.3 Å². The number of hydrogen-bond donors (Lipinski definition) is 1. The van der Waals surface area contributed by atoms with E-state index in [1.165, 1.54) is 6.92 Å². The van der Waals surface area contributed by atoms with Gasteiger partial charge in [0.25, 0.3) is 0 Å². The second-order valence-electron chi connectivity index (χ2n) is 5.03. The summed E-state index contributed by atoms with van der Waals surface area (Å²) in [6, 6.07) is 5.28. The minimum absolute atomic E-state index is 0.356. The molecule has 2 unspecified atom stereocenters. The summed E-state index contributed by atoms with van der Waals surface area (Å²) in [7, 11) is 0. The number of benzene rings is 1. The molecule has 5 heteroatoms. The number of anilines is 1. The summed E-state index contributed by atoms with van der Waals surface area (Å²) in [5, 5.41) is 4.34. The Morgan fingerprint density at radius 2 is 2.09 bits per heavy atom. The van der Waals surface area contributed by atoms with Crippen LogP contribution in [-0.2, 0) is 9.53 Å². The van der Waals surface area contributed by atoms with Crippen molar-refractivity contribution in [1.82, 2.24) is 0 Å². The van der Waals surface area contributed by atoms with Crippen molar-refractivity contribution in [3.8, 4) is 0 Å². The Labute approximate surface area is 140 Å². The first-order valence-electron chi connectivity index (χ1n) is 6.85. The maximum absolute atomic E-state index is 11.4. The van der Waals surface area contributed by atoms with Crippen LogP contribution in [0, 0.1) is 0 Å². The molecule has 2 rings (SSSR count). The first kappa shape index (κ1) is 16.7. The third kappa shape index (κ3) is 3.54. The number of carbonyl (C=O) groups excluding carboxylic acids is 1. The highest BCUT2D eigenvalue weighted by Gasteiger charge is 2.38. The van der Waals surface area contributed by atoms with Crippen molar-refractivity contribution in [3.05, 3.63) is 65.2 Å². The van der Waals surface area contributed by atoms with Gasteiger partial charge in [0.05, 0.1) is 15.7 Å². The predicted molar refractivity (Wildman–Crippen MR) is 91.5 cm³/mol. The van der Waals surface area contributed by atoms with Crippen LogP contribution in [-0.4, -0.2) is 17.6 Å². The van der Waals surface area contributed by atoms with Crippen molar-refractivity contribution in [3.63, 3.8) is 0 Å². The van der Waals surface area contributed by atoms with Crippen LogP contribution in [0.4, 0.5) is 5.69 Å². The highest BCUT2D eigenvalue weighted by molar-refractivity contribution is 6.39. The van der Waals surface area contributed by atoms with Crippen LogP contribution >= 0.6 is 23.2 Å². The van der Waals surface area contributed by atoms with Gasteiger partial charge in [0.1, 0.15) is 11.6 Å². The number of halogens is 2. The molecule has 1 aromatic carbocycles. The van der Waals surface area contributed by atoms with Crippen LogP contribution in [0.2, 0.25) is 10.0 Å². The lowest BCUT2D eigenvalue weighted by Crippen LogP contribution is -2.49. The van der Waals surface area contributed by atoms with E-state index in [4.69, 9.17) is 27.9 Å². The van der Waals surface area contributed by atoms with Crippen LogP contribution in [0.25, 0.3) is 0 Å². The Morgan fingerprint density at radius 3 is 2.68 bits per heavy atom. The van der Waals surface area contributed by atoms with Gasteiger partial charge in [-0.1, -0.05) is 53.6 Å². The van der Waals surface area contributed by atoms with E-state index in [2.05, 4.69) is 11.9 Å². The van der Waals surface area contributed by atoms with E-state index in [0.717, 1.165) is 0 Å². The number of ether oxygens (including phenoxy) is 1. The average molecular weight is 338 g/mol. The smallest absolute Gasteiger partial charge is 0.303 e. The van der Waals surface area contributed by atoms with Gasteiger partial charge in [-0.3, -0.25) is 4.79 Å². The van der Waals surface area contributed by atoms with Gasteiger partial charge in [0.15, 0.2) is 0 Å². The van der Waals surface area contributed by atoms with E-state index in [9.17, 15) is 4.79 Å². The van der Waals surface area contributed by atoms with Gasteiger partial charge in [-0.25, -0.2) is 0 Å². The molecule has 0 amide bonds. The van der Waals surface area contributed by atoms with E-state index in [1.807, 2.05) is 24.3 Å². The number of hydrogen-bond acceptors (Lipinski definition) is 3. The Balaban J connectivity index is 2.42. The Morgan fingerprint density at radius 1 is 1.41 bits per heavy atom. The van der Waals surface area contributed by atoms with Crippen molar-refractivity contribution >= 4 is 34.9 Å². The van der Waals surface area contributed by atoms with E-state index < -0.39 is 11.6 Å². The molecule has 0 fully saturated rings. The molecule has 0 aliphatic heterocycles. The molecule has 1 N–H and O–H groups in total. The third-order valence-electron chi connectivity index (χ3n) is 3.39. The van der Waals surface area contributed by atoms with Crippen LogP contribution in [0.1, 0.15) is 13.3 Å². The summed E-state index contributed by atoms with van der Waals surface area (Å²) in [5.74, 6) is -0.356. The first-order valence-corrected chi connectivity index (χ1v) is 7.60. The molecular weight excluding hydrogens is 321 g/mol. The number of rotatable bonds is 5. The molecular formula is C17H17Cl2NO2. The van der Waals surface area contributed by atoms with Gasteiger partial charge < -0.3 is 10.1 Å². The third-order valence-corrected chi connectivity index (χ3v) is 4.02. The molecule has 3 nitrogen and oxygen atoms in total. The summed E-state index contributed by atoms with van der Waals surface area (Å²) >= 11 is 12.5. The van der Waals surface area contributed by atoms with Crippen LogP contribution in [0.3, 0.4) is 0 Å². The molecule has 0 saturated heterocycles. The number of para-hydroxylation sites is 1. The van der Waals surface area contributed by atoms with E-state index >= 15 is 0 Å². The summed E-state index contributed by atoms with van der Waals surface area (Å²) in [6.07, 6.45) is 9.29. The number of carbonyl (C=O) groups is 1. The fraction of sp³-hybridized carbons (Fsp3) is 0.235. The first-order chi connectivity index (χ1) is 10.5. The second-order valence-corrected chi connectivity index (χ2v) is 5.84. The molecule has 1 aliphatic rings. The molecule has 0 spiro atoms. The Hall–Kier alpha value is -1.71. The molecule has 116 valence electrons. The predicted octanol–water partition coefficient (Wildman–Crippen LogP) is 4.78. The Kier molecular flexibility index (Phi) is 5.33. The van der Waals surface area contributed by atoms with Crippen molar-refractivity contribution in [1.29, 1.82) is 0 Å². The van der Waals surface area contributed by atoms with E-state index in [1.54, 1.807) is 24.3 Å². The maximum Gasteiger partial charge on any atom is 0.303 e. The highest BCUT2D eigenvalue weighted by Crippen LogP contribution is 2.37. The fourth-order valence-electron chi connectivity index (χ4n) is 2.42. The summed E-state index contributed by atoms with van der Waals surface area (Å²) in [5.41, 5.74) is -0.0821. The Bertz CT molecular complexity index is 619. The largest absolute Gasteiger partial charge is 0.455 e. The monoisotopic (exact) mass is 337 g/mol. The molecule has 1 aliphatic carbocycles. The van der Waals surface area contributed by atoms with Crippen LogP contribution in [0.5, 0.6) is 0 Å². The van der Waals surface area contributed by atoms with E-state index in [0.29, 0.717) is 22.2 Å². The standard InChI is InChI=1S/C17H17Cl2NO2/c1-3-10-17(11-5-4-9-15(17)22-12(2)21)20-16-13(18)7-6-8-14(16)19/h3-9,11,15,20H,1,10H2,2H3. The number of esters is 1. The van der Waals surface area contributed by atoms with Gasteiger partial charge in [-0.15, -0.1) is 6.58 Å². The summed E-state index contributed by atoms with van der Waals surface area (Å²) < 4.78 is 5.44. The molecule has 0 radical (unpaired) electrons. The summed E-state index contributed by atoms with van der Waals surface area (Å²) in [4.78, 5) is 11.4. The quantitative estimate of drug-likeness (QED) is 0.620. The lowest BCUT2D eigenvalue weighted by molar-refractivity contribution is -0.145. The fourth-order valence-corrected chi connectivity index (χ4v) is 2.91. The van der Waals surface area contributed by atoms with Gasteiger partial charge >= 0.3 is 5.97 Å². The highest BCUT2D eigenvalue weighted by atomic mass is 35.5. The SMILES string of the molecule is C=CCC1(Nc2c(Cl)cccc2Cl)C=CC=CC1OC(C)=O. The van der Waals surface area contributed by atoms with Crippen LogP contribution in [0.15, 0.2) is 55.2 Å². The van der Waals surface area contributed by atoms with Crippen molar-refractivity contribution < 1.29 is 9.53 Å². The summed E-state index contributed by atoms with van der Waals surface area (Å²) in [6.45, 7) is 5.18. The molecule has 0 saturated carbocycles. The number of nitrogens with one attached hydrogen (secondary N) is 1. The molecule has 0 heterocycles. The minimum atomic E-state index is -0.684. The van der Waals surface area contributed by atoms with Crippen molar-refractivity contribution in [2.75, 3.05) is 5.32 Å². The van der Waals surface area contributed by atoms with Gasteiger partial charge in [-0.2, -0.15) is 0 Å². The van der Waals surface area contributed by atoms with Crippen molar-refractivity contribution in [2.24, 2.45) is 0 Å². The molecule has 2 atom stereocenters.